The van der Waals surface area contributed by atoms with E-state index in [-0.39, 0.29) is 0 Å². The maximum absolute atomic E-state index is 5.20. The molecule has 10 rings (SSSR count). The number of nitrogens with zero attached hydrogens (tertiary/aromatic N) is 5. The van der Waals surface area contributed by atoms with E-state index in [4.69, 9.17) is 19.9 Å². The molecule has 50 heavy (non-hydrogen) atoms. The van der Waals surface area contributed by atoms with Gasteiger partial charge >= 0.3 is 0 Å². The fourth-order valence-corrected chi connectivity index (χ4v) is 7.86. The highest BCUT2D eigenvalue weighted by Crippen LogP contribution is 2.63. The van der Waals surface area contributed by atoms with Gasteiger partial charge in [0.2, 0.25) is 0 Å². The third-order valence-corrected chi connectivity index (χ3v) is 9.95. The number of fused-ring (bicyclic) bond motifs is 9. The Labute approximate surface area is 290 Å². The quantitative estimate of drug-likeness (QED) is 0.192. The van der Waals surface area contributed by atoms with E-state index in [1.54, 1.807) is 0 Å². The first-order chi connectivity index (χ1) is 24.8. The second kappa shape index (κ2) is 11.2. The third-order valence-electron chi connectivity index (χ3n) is 9.95. The molecule has 0 radical (unpaired) electrons. The average Bonchev–Trinajstić information content (AvgIpc) is 3.49. The molecule has 0 amide bonds. The van der Waals surface area contributed by atoms with Crippen LogP contribution in [0.25, 0.3) is 45.3 Å². The molecule has 0 fully saturated rings. The van der Waals surface area contributed by atoms with Crippen molar-refractivity contribution < 1.29 is 0 Å². The topological polar surface area (TPSA) is 54.8 Å². The summed E-state index contributed by atoms with van der Waals surface area (Å²) < 4.78 is 0. The van der Waals surface area contributed by atoms with Crippen molar-refractivity contribution in [2.45, 2.75) is 5.41 Å². The number of para-hydroxylation sites is 3. The van der Waals surface area contributed by atoms with E-state index in [2.05, 4.69) is 108 Å². The van der Waals surface area contributed by atoms with E-state index >= 15 is 0 Å². The highest BCUT2D eigenvalue weighted by molar-refractivity contribution is 5.95. The number of hydrogen-bond donors (Lipinski definition) is 0. The molecule has 0 atom stereocenters. The average molecular weight is 640 g/mol. The van der Waals surface area contributed by atoms with Crippen LogP contribution in [0.1, 0.15) is 22.4 Å². The van der Waals surface area contributed by atoms with Gasteiger partial charge in [0.05, 0.1) is 22.5 Å². The SMILES string of the molecule is c1ccc(-c2nc(-c3ccccc3)nc(-c3ccc4c(c3)C3(c5ccccc5N(c5ccccc5)c5ccccc53)c3ncccc3-4)n2)cc1. The number of anilines is 3. The summed E-state index contributed by atoms with van der Waals surface area (Å²) in [5, 5.41) is 0. The molecule has 0 saturated carbocycles. The molecule has 2 aromatic heterocycles. The molecular formula is C45H29N5. The van der Waals surface area contributed by atoms with Crippen LogP contribution in [0.3, 0.4) is 0 Å². The molecule has 8 aromatic rings. The molecule has 1 aliphatic heterocycles. The van der Waals surface area contributed by atoms with Crippen molar-refractivity contribution in [1.82, 2.24) is 19.9 Å². The van der Waals surface area contributed by atoms with Gasteiger partial charge in [-0.2, -0.15) is 0 Å². The van der Waals surface area contributed by atoms with Crippen LogP contribution in [-0.2, 0) is 5.41 Å². The first-order valence-corrected chi connectivity index (χ1v) is 16.8. The Kier molecular flexibility index (Phi) is 6.33. The van der Waals surface area contributed by atoms with Crippen molar-refractivity contribution in [3.8, 4) is 45.3 Å². The van der Waals surface area contributed by atoms with E-state index in [1.165, 1.54) is 16.7 Å². The fraction of sp³-hybridized carbons (Fsp3) is 0.0222. The van der Waals surface area contributed by atoms with Crippen molar-refractivity contribution in [1.29, 1.82) is 0 Å². The lowest BCUT2D eigenvalue weighted by Crippen LogP contribution is -2.36. The Bertz CT molecular complexity index is 2440. The smallest absolute Gasteiger partial charge is 0.164 e. The summed E-state index contributed by atoms with van der Waals surface area (Å²) >= 11 is 0. The zero-order chi connectivity index (χ0) is 33.1. The number of rotatable bonds is 4. The standard InChI is InChI=1S/C45H29N5/c1-4-15-30(16-5-1)42-47-43(31-17-6-2-7-18-31)49-44(48-42)32-26-27-34-35-21-14-28-46-41(35)45(38(34)29-32)36-22-10-12-24-39(36)50(33-19-8-3-9-20-33)40-25-13-11-23-37(40)45/h1-29H. The molecule has 0 bridgehead atoms. The van der Waals surface area contributed by atoms with Crippen LogP contribution < -0.4 is 4.90 Å². The predicted molar refractivity (Wildman–Crippen MR) is 199 cm³/mol. The lowest BCUT2D eigenvalue weighted by atomic mass is 9.66. The summed E-state index contributed by atoms with van der Waals surface area (Å²) in [6.07, 6.45) is 1.92. The molecule has 5 nitrogen and oxygen atoms in total. The van der Waals surface area contributed by atoms with Gasteiger partial charge < -0.3 is 4.90 Å². The largest absolute Gasteiger partial charge is 0.310 e. The molecule has 2 aliphatic rings. The molecule has 5 heteroatoms. The number of pyridine rings is 1. The first kappa shape index (κ1) is 28.3. The highest BCUT2D eigenvalue weighted by atomic mass is 15.2. The van der Waals surface area contributed by atoms with Gasteiger partial charge in [-0.3, -0.25) is 4.98 Å². The molecule has 0 unspecified atom stereocenters. The van der Waals surface area contributed by atoms with E-state index in [1.807, 2.05) is 72.9 Å². The van der Waals surface area contributed by atoms with Crippen LogP contribution in [0.5, 0.6) is 0 Å². The number of aromatic nitrogens is 4. The molecule has 0 N–H and O–H groups in total. The minimum atomic E-state index is -0.669. The van der Waals surface area contributed by atoms with Crippen LogP contribution in [0.2, 0.25) is 0 Å². The van der Waals surface area contributed by atoms with Crippen molar-refractivity contribution >= 4 is 17.1 Å². The van der Waals surface area contributed by atoms with Crippen LogP contribution in [0, 0.1) is 0 Å². The molecule has 3 heterocycles. The summed E-state index contributed by atoms with van der Waals surface area (Å²) in [4.78, 5) is 22.7. The van der Waals surface area contributed by atoms with E-state index in [0.717, 1.165) is 50.6 Å². The molecule has 0 saturated heterocycles. The van der Waals surface area contributed by atoms with Crippen molar-refractivity contribution in [2.24, 2.45) is 0 Å². The Hall–Kier alpha value is -6.72. The summed E-state index contributed by atoms with van der Waals surface area (Å²) in [5.74, 6) is 1.91. The van der Waals surface area contributed by atoms with Crippen LogP contribution in [-0.4, -0.2) is 19.9 Å². The summed E-state index contributed by atoms with van der Waals surface area (Å²) in [6, 6.07) is 59.3. The van der Waals surface area contributed by atoms with Crippen LogP contribution in [0.4, 0.5) is 17.1 Å². The highest BCUT2D eigenvalue weighted by Gasteiger charge is 2.53. The van der Waals surface area contributed by atoms with E-state index in [0.29, 0.717) is 17.5 Å². The van der Waals surface area contributed by atoms with Gasteiger partial charge in [-0.1, -0.05) is 133 Å². The third kappa shape index (κ3) is 4.13. The van der Waals surface area contributed by atoms with Crippen LogP contribution >= 0.6 is 0 Å². The summed E-state index contributed by atoms with van der Waals surface area (Å²) in [6.45, 7) is 0. The lowest BCUT2D eigenvalue weighted by molar-refractivity contribution is 0.725. The number of hydrogen-bond acceptors (Lipinski definition) is 5. The van der Waals surface area contributed by atoms with Crippen molar-refractivity contribution in [3.05, 3.63) is 198 Å². The lowest BCUT2D eigenvalue weighted by Gasteiger charge is -2.44. The van der Waals surface area contributed by atoms with Gasteiger partial charge in [0, 0.05) is 34.1 Å². The molecule has 6 aromatic carbocycles. The summed E-state index contributed by atoms with van der Waals surface area (Å²) in [5.41, 5.74) is 12.4. The van der Waals surface area contributed by atoms with Gasteiger partial charge in [0.1, 0.15) is 0 Å². The second-order valence-electron chi connectivity index (χ2n) is 12.7. The monoisotopic (exact) mass is 639 g/mol. The fourth-order valence-electron chi connectivity index (χ4n) is 7.86. The zero-order valence-corrected chi connectivity index (χ0v) is 27.0. The van der Waals surface area contributed by atoms with E-state index in [9.17, 15) is 0 Å². The van der Waals surface area contributed by atoms with Gasteiger partial charge in [-0.25, -0.2) is 15.0 Å². The first-order valence-electron chi connectivity index (χ1n) is 16.8. The molecular weight excluding hydrogens is 611 g/mol. The normalized spacial score (nSPS) is 13.3. The maximum atomic E-state index is 5.20. The Balaban J connectivity index is 1.26. The Morgan fingerprint density at radius 2 is 0.920 bits per heavy atom. The molecule has 234 valence electrons. The van der Waals surface area contributed by atoms with E-state index < -0.39 is 5.41 Å². The minimum Gasteiger partial charge on any atom is -0.310 e. The molecule has 1 spiro atoms. The second-order valence-corrected chi connectivity index (χ2v) is 12.7. The predicted octanol–water partition coefficient (Wildman–Crippen LogP) is 10.4. The van der Waals surface area contributed by atoms with Crippen molar-refractivity contribution in [3.63, 3.8) is 0 Å². The summed E-state index contributed by atoms with van der Waals surface area (Å²) in [7, 11) is 0. The Morgan fingerprint density at radius 1 is 0.400 bits per heavy atom. The molecule has 1 aliphatic carbocycles. The number of benzene rings is 6. The van der Waals surface area contributed by atoms with Crippen LogP contribution in [0.15, 0.2) is 176 Å². The zero-order valence-electron chi connectivity index (χ0n) is 27.0. The van der Waals surface area contributed by atoms with Gasteiger partial charge in [-0.15, -0.1) is 0 Å². The van der Waals surface area contributed by atoms with Gasteiger partial charge in [0.25, 0.3) is 0 Å². The van der Waals surface area contributed by atoms with Crippen molar-refractivity contribution in [2.75, 3.05) is 4.90 Å². The maximum Gasteiger partial charge on any atom is 0.164 e. The Morgan fingerprint density at radius 3 is 1.52 bits per heavy atom. The van der Waals surface area contributed by atoms with Gasteiger partial charge in [0.15, 0.2) is 17.5 Å². The minimum absolute atomic E-state index is 0.628. The van der Waals surface area contributed by atoms with Gasteiger partial charge in [-0.05, 0) is 58.7 Å².